The summed E-state index contributed by atoms with van der Waals surface area (Å²) >= 11 is 0. The first-order valence-corrected chi connectivity index (χ1v) is 11.8. The van der Waals surface area contributed by atoms with Crippen LogP contribution < -0.4 is 10.2 Å². The molecule has 0 fully saturated rings. The van der Waals surface area contributed by atoms with Crippen LogP contribution in [0.5, 0.6) is 0 Å². The van der Waals surface area contributed by atoms with Gasteiger partial charge in [-0.15, -0.1) is 0 Å². The minimum Gasteiger partial charge on any atom is -0.381 e. The van der Waals surface area contributed by atoms with Crippen LogP contribution in [0.15, 0.2) is 72.9 Å². The van der Waals surface area contributed by atoms with Gasteiger partial charge in [0.05, 0.1) is 23.9 Å². The van der Waals surface area contributed by atoms with Crippen LogP contribution in [0, 0.1) is 5.82 Å². The molecular weight excluding hydrogens is 472 g/mol. The molecule has 9 heteroatoms. The Hall–Kier alpha value is -3.59. The van der Waals surface area contributed by atoms with Crippen LogP contribution in [-0.2, 0) is 5.60 Å². The van der Waals surface area contributed by atoms with Gasteiger partial charge >= 0.3 is 6.18 Å². The van der Waals surface area contributed by atoms with Crippen LogP contribution in [-0.4, -0.2) is 40.7 Å². The first kappa shape index (κ1) is 25.5. The van der Waals surface area contributed by atoms with Crippen LogP contribution in [0.25, 0.3) is 16.6 Å². The molecule has 0 aliphatic carbocycles. The van der Waals surface area contributed by atoms with Crippen molar-refractivity contribution in [1.29, 1.82) is 0 Å². The summed E-state index contributed by atoms with van der Waals surface area (Å²) in [6, 6.07) is 16.7. The zero-order chi connectivity index (χ0) is 25.9. The SMILES string of the molecule is CCCN(CC)c1ccc(NCC(O)(c2ccc3c(cnn3-c3ccc(F)cc3)c2)C(F)(F)F)cc1. The number of rotatable bonds is 9. The number of hydrogen-bond acceptors (Lipinski definition) is 4. The average Bonchev–Trinajstić information content (AvgIpc) is 3.29. The van der Waals surface area contributed by atoms with E-state index in [-0.39, 0.29) is 5.56 Å². The molecule has 1 unspecified atom stereocenters. The van der Waals surface area contributed by atoms with Crippen molar-refractivity contribution in [2.24, 2.45) is 0 Å². The number of aromatic nitrogens is 2. The van der Waals surface area contributed by atoms with Crippen molar-refractivity contribution in [3.63, 3.8) is 0 Å². The molecule has 3 aromatic carbocycles. The second kappa shape index (κ2) is 10.2. The maximum Gasteiger partial charge on any atom is 0.423 e. The van der Waals surface area contributed by atoms with E-state index in [1.807, 2.05) is 19.1 Å². The zero-order valence-electron chi connectivity index (χ0n) is 20.1. The monoisotopic (exact) mass is 500 g/mol. The highest BCUT2D eigenvalue weighted by Gasteiger charge is 2.55. The van der Waals surface area contributed by atoms with Gasteiger partial charge in [0, 0.05) is 29.9 Å². The Labute approximate surface area is 207 Å². The lowest BCUT2D eigenvalue weighted by Crippen LogP contribution is -2.47. The molecule has 0 saturated heterocycles. The number of fused-ring (bicyclic) bond motifs is 1. The number of alkyl halides is 3. The van der Waals surface area contributed by atoms with Gasteiger partial charge in [-0.1, -0.05) is 13.0 Å². The minimum absolute atomic E-state index is 0.301. The second-order valence-corrected chi connectivity index (χ2v) is 8.64. The third kappa shape index (κ3) is 5.02. The van der Waals surface area contributed by atoms with E-state index in [1.54, 1.807) is 12.1 Å². The molecule has 1 atom stereocenters. The minimum atomic E-state index is -4.93. The van der Waals surface area contributed by atoms with Crippen LogP contribution in [0.3, 0.4) is 0 Å². The summed E-state index contributed by atoms with van der Waals surface area (Å²) < 4.78 is 57.2. The molecule has 0 saturated carbocycles. The summed E-state index contributed by atoms with van der Waals surface area (Å²) in [5, 5.41) is 18.3. The number of halogens is 4. The summed E-state index contributed by atoms with van der Waals surface area (Å²) in [5.41, 5.74) is -0.874. The van der Waals surface area contributed by atoms with Crippen LogP contribution >= 0.6 is 0 Å². The zero-order valence-corrected chi connectivity index (χ0v) is 20.1. The Morgan fingerprint density at radius 3 is 2.28 bits per heavy atom. The normalized spacial score (nSPS) is 13.5. The highest BCUT2D eigenvalue weighted by Crippen LogP contribution is 2.40. The van der Waals surface area contributed by atoms with Gasteiger partial charge < -0.3 is 15.3 Å². The fraction of sp³-hybridized carbons (Fsp3) is 0.296. The molecule has 36 heavy (non-hydrogen) atoms. The molecule has 0 spiro atoms. The van der Waals surface area contributed by atoms with Gasteiger partial charge in [0.2, 0.25) is 5.60 Å². The second-order valence-electron chi connectivity index (χ2n) is 8.64. The lowest BCUT2D eigenvalue weighted by molar-refractivity contribution is -0.260. The summed E-state index contributed by atoms with van der Waals surface area (Å²) in [7, 11) is 0. The first-order chi connectivity index (χ1) is 17.2. The largest absolute Gasteiger partial charge is 0.423 e. The molecule has 4 aromatic rings. The van der Waals surface area contributed by atoms with E-state index in [0.29, 0.717) is 22.3 Å². The van der Waals surface area contributed by atoms with Crippen molar-refractivity contribution in [3.05, 3.63) is 84.3 Å². The predicted octanol–water partition coefficient (Wildman–Crippen LogP) is 6.26. The number of nitrogens with zero attached hydrogens (tertiary/aromatic N) is 3. The highest BCUT2D eigenvalue weighted by atomic mass is 19.4. The lowest BCUT2D eigenvalue weighted by Gasteiger charge is -2.31. The molecule has 4 rings (SSSR count). The molecule has 5 nitrogen and oxygen atoms in total. The van der Waals surface area contributed by atoms with Crippen LogP contribution in [0.4, 0.5) is 28.9 Å². The van der Waals surface area contributed by atoms with Crippen molar-refractivity contribution in [3.8, 4) is 5.69 Å². The van der Waals surface area contributed by atoms with Gasteiger partial charge in [0.25, 0.3) is 0 Å². The van der Waals surface area contributed by atoms with E-state index < -0.39 is 24.1 Å². The molecule has 0 amide bonds. The molecule has 1 aromatic heterocycles. The van der Waals surface area contributed by atoms with Crippen LogP contribution in [0.1, 0.15) is 25.8 Å². The van der Waals surface area contributed by atoms with Gasteiger partial charge in [-0.3, -0.25) is 0 Å². The molecule has 2 N–H and O–H groups in total. The number of anilines is 2. The third-order valence-corrected chi connectivity index (χ3v) is 6.24. The maximum atomic E-state index is 14.1. The van der Waals surface area contributed by atoms with E-state index >= 15 is 0 Å². The van der Waals surface area contributed by atoms with E-state index in [1.165, 1.54) is 53.3 Å². The van der Waals surface area contributed by atoms with E-state index in [0.717, 1.165) is 25.2 Å². The van der Waals surface area contributed by atoms with Gasteiger partial charge in [-0.05, 0) is 79.6 Å². The van der Waals surface area contributed by atoms with Crippen molar-refractivity contribution in [2.45, 2.75) is 32.0 Å². The summed E-state index contributed by atoms with van der Waals surface area (Å²) in [6.07, 6.45) is -2.53. The molecule has 0 radical (unpaired) electrons. The number of hydrogen-bond donors (Lipinski definition) is 2. The number of nitrogens with one attached hydrogen (secondary N) is 1. The fourth-order valence-corrected chi connectivity index (χ4v) is 4.20. The standard InChI is InChI=1S/C27H28F4N4O/c1-3-15-34(4-2)23-12-8-22(9-13-23)32-18-26(36,27(29,30)31)20-5-14-25-19(16-20)17-33-35(25)24-10-6-21(28)7-11-24/h5-14,16-17,32,36H,3-4,15,18H2,1-2H3. The molecular formula is C27H28F4N4O. The van der Waals surface area contributed by atoms with E-state index in [4.69, 9.17) is 0 Å². The summed E-state index contributed by atoms with van der Waals surface area (Å²) in [6.45, 7) is 5.08. The maximum absolute atomic E-state index is 14.1. The topological polar surface area (TPSA) is 53.3 Å². The molecule has 0 aliphatic rings. The third-order valence-electron chi connectivity index (χ3n) is 6.24. The number of benzene rings is 3. The average molecular weight is 501 g/mol. The summed E-state index contributed by atoms with van der Waals surface area (Å²) in [5.74, 6) is -0.404. The first-order valence-electron chi connectivity index (χ1n) is 11.8. The van der Waals surface area contributed by atoms with Crippen molar-refractivity contribution < 1.29 is 22.7 Å². The van der Waals surface area contributed by atoms with E-state index in [2.05, 4.69) is 22.2 Å². The smallest absolute Gasteiger partial charge is 0.381 e. The Morgan fingerprint density at radius 2 is 1.67 bits per heavy atom. The summed E-state index contributed by atoms with van der Waals surface area (Å²) in [4.78, 5) is 2.18. The Balaban J connectivity index is 1.59. The quantitative estimate of drug-likeness (QED) is 0.266. The molecule has 0 aliphatic heterocycles. The van der Waals surface area contributed by atoms with E-state index in [9.17, 15) is 22.7 Å². The lowest BCUT2D eigenvalue weighted by atomic mass is 9.92. The Bertz CT molecular complexity index is 1300. The van der Waals surface area contributed by atoms with Crippen molar-refractivity contribution in [2.75, 3.05) is 29.9 Å². The van der Waals surface area contributed by atoms with Gasteiger partial charge in [-0.2, -0.15) is 18.3 Å². The van der Waals surface area contributed by atoms with Gasteiger partial charge in [0.1, 0.15) is 5.82 Å². The number of aliphatic hydroxyl groups is 1. The Kier molecular flexibility index (Phi) is 7.21. The molecule has 0 bridgehead atoms. The van der Waals surface area contributed by atoms with Gasteiger partial charge in [-0.25, -0.2) is 9.07 Å². The van der Waals surface area contributed by atoms with Crippen LogP contribution in [0.2, 0.25) is 0 Å². The fourth-order valence-electron chi connectivity index (χ4n) is 4.20. The predicted molar refractivity (Wildman–Crippen MR) is 134 cm³/mol. The molecule has 1 heterocycles. The molecule has 190 valence electrons. The van der Waals surface area contributed by atoms with Crippen molar-refractivity contribution in [1.82, 2.24) is 9.78 Å². The van der Waals surface area contributed by atoms with Crippen molar-refractivity contribution >= 4 is 22.3 Å². The highest BCUT2D eigenvalue weighted by molar-refractivity contribution is 5.81. The Morgan fingerprint density at radius 1 is 0.972 bits per heavy atom. The van der Waals surface area contributed by atoms with Gasteiger partial charge in [0.15, 0.2) is 0 Å².